The van der Waals surface area contributed by atoms with E-state index in [1.165, 1.54) is 24.0 Å². The number of hydrogen-bond acceptors (Lipinski definition) is 4. The summed E-state index contributed by atoms with van der Waals surface area (Å²) in [6.07, 6.45) is 6.52. The van der Waals surface area contributed by atoms with Crippen LogP contribution in [0.2, 0.25) is 0 Å². The molecule has 0 radical (unpaired) electrons. The summed E-state index contributed by atoms with van der Waals surface area (Å²) in [7, 11) is 1.68. The predicted molar refractivity (Wildman–Crippen MR) is 118 cm³/mol. The van der Waals surface area contributed by atoms with E-state index in [2.05, 4.69) is 29.6 Å². The lowest BCUT2D eigenvalue weighted by Gasteiger charge is -2.30. The Bertz CT molecular complexity index is 876. The molecule has 1 saturated carbocycles. The van der Waals surface area contributed by atoms with Crippen molar-refractivity contribution in [3.8, 4) is 11.5 Å². The quantitative estimate of drug-likeness (QED) is 0.728. The zero-order chi connectivity index (χ0) is 20.9. The van der Waals surface area contributed by atoms with Crippen molar-refractivity contribution >= 4 is 5.91 Å². The van der Waals surface area contributed by atoms with E-state index in [9.17, 15) is 4.79 Å². The molecule has 1 heterocycles. The molecule has 1 aliphatic carbocycles. The van der Waals surface area contributed by atoms with Gasteiger partial charge in [-0.05, 0) is 67.3 Å². The molecule has 4 rings (SSSR count). The summed E-state index contributed by atoms with van der Waals surface area (Å²) in [4.78, 5) is 12.5. The molecule has 5 nitrogen and oxygen atoms in total. The van der Waals surface area contributed by atoms with Crippen molar-refractivity contribution in [2.75, 3.05) is 13.7 Å². The normalized spacial score (nSPS) is 22.0. The fraction of sp³-hybridized carbons (Fsp3) is 0.480. The number of methoxy groups -OCH3 is 1. The van der Waals surface area contributed by atoms with E-state index in [0.29, 0.717) is 13.1 Å². The number of piperidine rings is 1. The van der Waals surface area contributed by atoms with Crippen molar-refractivity contribution in [2.24, 2.45) is 11.7 Å². The number of carbonyl (C=O) groups is 1. The maximum absolute atomic E-state index is 12.5. The number of nitrogens with one attached hydrogen (secondary N) is 1. The van der Waals surface area contributed by atoms with E-state index in [1.807, 2.05) is 18.2 Å². The van der Waals surface area contributed by atoms with E-state index in [-0.39, 0.29) is 23.8 Å². The molecule has 2 aromatic rings. The predicted octanol–water partition coefficient (Wildman–Crippen LogP) is 3.94. The summed E-state index contributed by atoms with van der Waals surface area (Å²) in [6.45, 7) is 1.18. The standard InChI is InChI=1S/C25H32N2O3/c1-29-23-10-9-19(14-24(23)30-22-7-2-3-8-22)21-13-20(25(28)27-16-21)12-17-5-4-6-18(11-17)15-26/h4-6,9-11,14,20-22H,2-3,7-8,12-13,15-16,26H2,1H3,(H,27,28)/t20-,21-/m1/s1. The van der Waals surface area contributed by atoms with Crippen LogP contribution in [0.3, 0.4) is 0 Å². The molecule has 2 atom stereocenters. The second-order valence-electron chi connectivity index (χ2n) is 8.54. The Morgan fingerprint density at radius 2 is 1.87 bits per heavy atom. The van der Waals surface area contributed by atoms with Crippen LogP contribution in [0.4, 0.5) is 0 Å². The largest absolute Gasteiger partial charge is 0.493 e. The first-order chi connectivity index (χ1) is 14.7. The summed E-state index contributed by atoms with van der Waals surface area (Å²) in [6, 6.07) is 14.5. The fourth-order valence-corrected chi connectivity index (χ4v) is 4.73. The van der Waals surface area contributed by atoms with Crippen LogP contribution in [0.1, 0.15) is 54.7 Å². The third-order valence-electron chi connectivity index (χ3n) is 6.43. The van der Waals surface area contributed by atoms with Crippen molar-refractivity contribution in [1.82, 2.24) is 5.32 Å². The summed E-state index contributed by atoms with van der Waals surface area (Å²) < 4.78 is 11.8. The van der Waals surface area contributed by atoms with Gasteiger partial charge in [-0.15, -0.1) is 0 Å². The first-order valence-electron chi connectivity index (χ1n) is 11.1. The topological polar surface area (TPSA) is 73.6 Å². The molecule has 5 heteroatoms. The highest BCUT2D eigenvalue weighted by Gasteiger charge is 2.30. The molecule has 2 aromatic carbocycles. The van der Waals surface area contributed by atoms with E-state index < -0.39 is 0 Å². The maximum Gasteiger partial charge on any atom is 0.223 e. The zero-order valence-corrected chi connectivity index (χ0v) is 17.7. The first-order valence-corrected chi connectivity index (χ1v) is 11.1. The monoisotopic (exact) mass is 408 g/mol. The van der Waals surface area contributed by atoms with Gasteiger partial charge in [0.2, 0.25) is 5.91 Å². The van der Waals surface area contributed by atoms with Crippen molar-refractivity contribution in [3.05, 3.63) is 59.2 Å². The van der Waals surface area contributed by atoms with E-state index in [0.717, 1.165) is 42.7 Å². The van der Waals surface area contributed by atoms with Gasteiger partial charge in [-0.25, -0.2) is 0 Å². The molecule has 1 aliphatic heterocycles. The van der Waals surface area contributed by atoms with Gasteiger partial charge in [0.1, 0.15) is 0 Å². The highest BCUT2D eigenvalue weighted by molar-refractivity contribution is 5.80. The molecule has 0 bridgehead atoms. The average molecular weight is 409 g/mol. The minimum atomic E-state index is -0.0434. The van der Waals surface area contributed by atoms with Crippen LogP contribution in [0.5, 0.6) is 11.5 Å². The molecule has 0 spiro atoms. The van der Waals surface area contributed by atoms with Gasteiger partial charge >= 0.3 is 0 Å². The maximum atomic E-state index is 12.5. The second-order valence-corrected chi connectivity index (χ2v) is 8.54. The van der Waals surface area contributed by atoms with Crippen LogP contribution < -0.4 is 20.5 Å². The zero-order valence-electron chi connectivity index (χ0n) is 17.7. The van der Waals surface area contributed by atoms with Crippen LogP contribution in [0.15, 0.2) is 42.5 Å². The minimum Gasteiger partial charge on any atom is -0.493 e. The summed E-state index contributed by atoms with van der Waals surface area (Å²) in [5.74, 6) is 1.97. The molecule has 2 fully saturated rings. The van der Waals surface area contributed by atoms with Gasteiger partial charge in [0.15, 0.2) is 11.5 Å². The number of benzene rings is 2. The van der Waals surface area contributed by atoms with Gasteiger partial charge in [0.05, 0.1) is 13.2 Å². The molecule has 2 aliphatic rings. The van der Waals surface area contributed by atoms with Crippen LogP contribution in [-0.2, 0) is 17.8 Å². The van der Waals surface area contributed by atoms with Crippen LogP contribution in [0, 0.1) is 5.92 Å². The lowest BCUT2D eigenvalue weighted by molar-refractivity contribution is -0.126. The molecule has 0 unspecified atom stereocenters. The van der Waals surface area contributed by atoms with Gasteiger partial charge in [-0.2, -0.15) is 0 Å². The van der Waals surface area contributed by atoms with E-state index in [4.69, 9.17) is 15.2 Å². The molecule has 1 amide bonds. The van der Waals surface area contributed by atoms with Gasteiger partial charge in [-0.1, -0.05) is 30.3 Å². The second kappa shape index (κ2) is 9.52. The van der Waals surface area contributed by atoms with Crippen molar-refractivity contribution in [3.63, 3.8) is 0 Å². The summed E-state index contributed by atoms with van der Waals surface area (Å²) in [5, 5.41) is 3.12. The SMILES string of the molecule is COc1ccc([C@H]2CNC(=O)[C@H](Cc3cccc(CN)c3)C2)cc1OC1CCCC1. The Balaban J connectivity index is 1.49. The van der Waals surface area contributed by atoms with E-state index >= 15 is 0 Å². The van der Waals surface area contributed by atoms with Crippen molar-refractivity contribution < 1.29 is 14.3 Å². The Morgan fingerprint density at radius 1 is 1.07 bits per heavy atom. The molecule has 0 aromatic heterocycles. The summed E-state index contributed by atoms with van der Waals surface area (Å²) in [5.41, 5.74) is 9.24. The molecule has 30 heavy (non-hydrogen) atoms. The number of carbonyl (C=O) groups excluding carboxylic acids is 1. The Hall–Kier alpha value is -2.53. The smallest absolute Gasteiger partial charge is 0.223 e. The van der Waals surface area contributed by atoms with Crippen LogP contribution in [0.25, 0.3) is 0 Å². The Morgan fingerprint density at radius 3 is 2.63 bits per heavy atom. The van der Waals surface area contributed by atoms with Crippen molar-refractivity contribution in [1.29, 1.82) is 0 Å². The number of rotatable bonds is 7. The lowest BCUT2D eigenvalue weighted by atomic mass is 9.82. The highest BCUT2D eigenvalue weighted by Crippen LogP contribution is 2.37. The van der Waals surface area contributed by atoms with Crippen LogP contribution in [-0.4, -0.2) is 25.7 Å². The average Bonchev–Trinajstić information content (AvgIpc) is 3.28. The van der Waals surface area contributed by atoms with Crippen molar-refractivity contribution in [2.45, 2.75) is 57.1 Å². The Kier molecular flexibility index (Phi) is 6.58. The number of amides is 1. The summed E-state index contributed by atoms with van der Waals surface area (Å²) >= 11 is 0. The number of hydrogen-bond donors (Lipinski definition) is 2. The highest BCUT2D eigenvalue weighted by atomic mass is 16.5. The minimum absolute atomic E-state index is 0.0434. The lowest BCUT2D eigenvalue weighted by Crippen LogP contribution is -2.41. The fourth-order valence-electron chi connectivity index (χ4n) is 4.73. The molecular weight excluding hydrogens is 376 g/mol. The van der Waals surface area contributed by atoms with Gasteiger partial charge in [0, 0.05) is 24.9 Å². The Labute approximate surface area is 178 Å². The van der Waals surface area contributed by atoms with Gasteiger partial charge in [-0.3, -0.25) is 4.79 Å². The van der Waals surface area contributed by atoms with Gasteiger partial charge in [0.25, 0.3) is 0 Å². The molecule has 160 valence electrons. The molecule has 3 N–H and O–H groups in total. The third kappa shape index (κ3) is 4.78. The van der Waals surface area contributed by atoms with Gasteiger partial charge < -0.3 is 20.5 Å². The molecular formula is C25H32N2O3. The number of ether oxygens (including phenoxy) is 2. The third-order valence-corrected chi connectivity index (χ3v) is 6.43. The number of nitrogens with two attached hydrogens (primary N) is 1. The first kappa shape index (κ1) is 20.7. The van der Waals surface area contributed by atoms with Crippen LogP contribution >= 0.6 is 0 Å². The molecule has 1 saturated heterocycles. The van der Waals surface area contributed by atoms with E-state index in [1.54, 1.807) is 7.11 Å².